The van der Waals surface area contributed by atoms with E-state index in [-0.39, 0.29) is 17.0 Å². The van der Waals surface area contributed by atoms with Gasteiger partial charge in [0.25, 0.3) is 0 Å². The van der Waals surface area contributed by atoms with Crippen molar-refractivity contribution in [3.05, 3.63) is 82.7 Å². The van der Waals surface area contributed by atoms with E-state index in [4.69, 9.17) is 4.74 Å². The molecule has 2 amide bonds. The maximum Gasteiger partial charge on any atom is 0.428 e. The van der Waals surface area contributed by atoms with Crippen LogP contribution in [0.2, 0.25) is 0 Å². The first-order chi connectivity index (χ1) is 13.9. The zero-order valence-electron chi connectivity index (χ0n) is 15.1. The van der Waals surface area contributed by atoms with Gasteiger partial charge in [-0.05, 0) is 30.3 Å². The minimum absolute atomic E-state index is 0.0162. The highest BCUT2D eigenvalue weighted by atomic mass is 19.1. The minimum Gasteiger partial charge on any atom is -0.410 e. The standard InChI is InChI=1S/C20H14FN3O5/c1-13(25)23(20(26)29-14-7-3-2-4-8-14)19-18(24(27)28)12-11-17(22-19)15-9-5-6-10-16(15)21/h2-12H,1H3. The number of anilines is 1. The predicted molar refractivity (Wildman–Crippen MR) is 102 cm³/mol. The molecule has 0 aliphatic carbocycles. The van der Waals surface area contributed by atoms with E-state index in [1.807, 2.05) is 0 Å². The number of carbonyl (C=O) groups excluding carboxylic acids is 2. The summed E-state index contributed by atoms with van der Waals surface area (Å²) in [6.07, 6.45) is -1.18. The fourth-order valence-corrected chi connectivity index (χ4v) is 2.57. The third kappa shape index (κ3) is 4.24. The SMILES string of the molecule is CC(=O)N(C(=O)Oc1ccccc1)c1nc(-c2ccccc2F)ccc1[N+](=O)[O-]. The Hall–Kier alpha value is -4.14. The molecule has 9 heteroatoms. The van der Waals surface area contributed by atoms with Gasteiger partial charge in [0.2, 0.25) is 11.7 Å². The number of hydrogen-bond acceptors (Lipinski definition) is 6. The third-order valence-corrected chi connectivity index (χ3v) is 3.86. The van der Waals surface area contributed by atoms with Crippen molar-refractivity contribution < 1.29 is 23.6 Å². The molecule has 0 saturated heterocycles. The van der Waals surface area contributed by atoms with Gasteiger partial charge in [-0.15, -0.1) is 0 Å². The summed E-state index contributed by atoms with van der Waals surface area (Å²) in [7, 11) is 0. The first kappa shape index (κ1) is 19.6. The topological polar surface area (TPSA) is 103 Å². The normalized spacial score (nSPS) is 10.3. The second kappa shape index (κ2) is 8.26. The van der Waals surface area contributed by atoms with Crippen LogP contribution in [0.25, 0.3) is 11.3 Å². The van der Waals surface area contributed by atoms with Gasteiger partial charge in [-0.2, -0.15) is 4.90 Å². The molecule has 1 aromatic heterocycles. The Bertz CT molecular complexity index is 1090. The molecule has 3 aromatic rings. The molecule has 8 nitrogen and oxygen atoms in total. The number of nitro groups is 1. The lowest BCUT2D eigenvalue weighted by atomic mass is 10.1. The summed E-state index contributed by atoms with van der Waals surface area (Å²) in [6.45, 7) is 1.04. The highest BCUT2D eigenvalue weighted by Crippen LogP contribution is 2.31. The number of para-hydroxylation sites is 1. The van der Waals surface area contributed by atoms with Crippen LogP contribution in [0.3, 0.4) is 0 Å². The summed E-state index contributed by atoms with van der Waals surface area (Å²) < 4.78 is 19.3. The number of imide groups is 1. The van der Waals surface area contributed by atoms with Gasteiger partial charge in [-0.25, -0.2) is 14.2 Å². The molecule has 0 spiro atoms. The van der Waals surface area contributed by atoms with Crippen LogP contribution in [0, 0.1) is 15.9 Å². The Labute approximate surface area is 164 Å². The fourth-order valence-electron chi connectivity index (χ4n) is 2.57. The Morgan fingerprint density at radius 1 is 1.03 bits per heavy atom. The van der Waals surface area contributed by atoms with E-state index in [1.165, 1.54) is 36.4 Å². The molecule has 0 saturated carbocycles. The summed E-state index contributed by atoms with van der Waals surface area (Å²) in [4.78, 5) is 39.9. The quantitative estimate of drug-likeness (QED) is 0.481. The van der Waals surface area contributed by atoms with Gasteiger partial charge >= 0.3 is 11.8 Å². The van der Waals surface area contributed by atoms with E-state index in [0.29, 0.717) is 4.90 Å². The van der Waals surface area contributed by atoms with Gasteiger partial charge in [-0.1, -0.05) is 30.3 Å². The predicted octanol–water partition coefficient (Wildman–Crippen LogP) is 4.35. The first-order valence-electron chi connectivity index (χ1n) is 8.36. The number of aromatic nitrogens is 1. The maximum absolute atomic E-state index is 14.1. The molecule has 1 heterocycles. The Balaban J connectivity index is 2.10. The fraction of sp³-hybridized carbons (Fsp3) is 0.0500. The lowest BCUT2D eigenvalue weighted by molar-refractivity contribution is -0.384. The van der Waals surface area contributed by atoms with Crippen molar-refractivity contribution in [1.82, 2.24) is 4.98 Å². The van der Waals surface area contributed by atoms with Crippen LogP contribution < -0.4 is 9.64 Å². The minimum atomic E-state index is -1.18. The molecular formula is C20H14FN3O5. The molecule has 0 bridgehead atoms. The van der Waals surface area contributed by atoms with Crippen molar-refractivity contribution in [1.29, 1.82) is 0 Å². The summed E-state index contributed by atoms with van der Waals surface area (Å²) in [5.41, 5.74) is -0.531. The monoisotopic (exact) mass is 395 g/mol. The van der Waals surface area contributed by atoms with E-state index in [2.05, 4.69) is 4.98 Å². The summed E-state index contributed by atoms with van der Waals surface area (Å²) in [6, 6.07) is 15.8. The van der Waals surface area contributed by atoms with Gasteiger partial charge < -0.3 is 4.74 Å². The van der Waals surface area contributed by atoms with Crippen molar-refractivity contribution in [2.24, 2.45) is 0 Å². The van der Waals surface area contributed by atoms with E-state index in [9.17, 15) is 24.1 Å². The molecule has 3 rings (SSSR count). The number of hydrogen-bond donors (Lipinski definition) is 0. The average Bonchev–Trinajstić information content (AvgIpc) is 2.68. The molecule has 2 aromatic carbocycles. The zero-order chi connectivity index (χ0) is 21.0. The molecule has 0 atom stereocenters. The first-order valence-corrected chi connectivity index (χ1v) is 8.36. The van der Waals surface area contributed by atoms with Crippen LogP contribution in [0.1, 0.15) is 6.92 Å². The zero-order valence-corrected chi connectivity index (χ0v) is 15.1. The van der Waals surface area contributed by atoms with Gasteiger partial charge in [-0.3, -0.25) is 14.9 Å². The average molecular weight is 395 g/mol. The second-order valence-corrected chi connectivity index (χ2v) is 5.81. The van der Waals surface area contributed by atoms with Crippen molar-refractivity contribution in [3.8, 4) is 17.0 Å². The molecule has 0 N–H and O–H groups in total. The van der Waals surface area contributed by atoms with E-state index < -0.39 is 34.2 Å². The van der Waals surface area contributed by atoms with E-state index in [0.717, 1.165) is 13.0 Å². The number of pyridine rings is 1. The summed E-state index contributed by atoms with van der Waals surface area (Å²) in [5.74, 6) is -1.89. The lowest BCUT2D eigenvalue weighted by Gasteiger charge is -2.18. The van der Waals surface area contributed by atoms with Crippen molar-refractivity contribution in [2.45, 2.75) is 6.92 Å². The molecule has 0 aliphatic rings. The molecular weight excluding hydrogens is 381 g/mol. The smallest absolute Gasteiger partial charge is 0.410 e. The maximum atomic E-state index is 14.1. The summed E-state index contributed by atoms with van der Waals surface area (Å²) >= 11 is 0. The molecule has 29 heavy (non-hydrogen) atoms. The Kier molecular flexibility index (Phi) is 5.59. The number of nitrogens with zero attached hydrogens (tertiary/aromatic N) is 3. The van der Waals surface area contributed by atoms with Crippen LogP contribution in [-0.4, -0.2) is 21.9 Å². The number of carbonyl (C=O) groups is 2. The number of ether oxygens (including phenoxy) is 1. The highest BCUT2D eigenvalue weighted by molar-refractivity contribution is 6.12. The van der Waals surface area contributed by atoms with Crippen LogP contribution >= 0.6 is 0 Å². The van der Waals surface area contributed by atoms with Gasteiger partial charge in [0.05, 0.1) is 10.6 Å². The molecule has 0 unspecified atom stereocenters. The number of benzene rings is 2. The van der Waals surface area contributed by atoms with Crippen molar-refractivity contribution in [2.75, 3.05) is 4.90 Å². The number of halogens is 1. The highest BCUT2D eigenvalue weighted by Gasteiger charge is 2.32. The van der Waals surface area contributed by atoms with E-state index in [1.54, 1.807) is 24.3 Å². The number of rotatable bonds is 4. The van der Waals surface area contributed by atoms with Crippen LogP contribution in [-0.2, 0) is 4.79 Å². The summed E-state index contributed by atoms with van der Waals surface area (Å²) in [5, 5.41) is 11.4. The molecule has 0 fully saturated rings. The number of amides is 2. The van der Waals surface area contributed by atoms with Crippen LogP contribution in [0.15, 0.2) is 66.7 Å². The van der Waals surface area contributed by atoms with Crippen molar-refractivity contribution >= 4 is 23.5 Å². The van der Waals surface area contributed by atoms with Gasteiger partial charge in [0.15, 0.2) is 0 Å². The van der Waals surface area contributed by atoms with E-state index >= 15 is 0 Å². The largest absolute Gasteiger partial charge is 0.428 e. The molecule has 0 radical (unpaired) electrons. The third-order valence-electron chi connectivity index (χ3n) is 3.86. The van der Waals surface area contributed by atoms with Gasteiger partial charge in [0.1, 0.15) is 11.6 Å². The Morgan fingerprint density at radius 3 is 2.31 bits per heavy atom. The molecule has 0 aliphatic heterocycles. The van der Waals surface area contributed by atoms with Gasteiger partial charge in [0, 0.05) is 18.6 Å². The molecule has 146 valence electrons. The van der Waals surface area contributed by atoms with Crippen LogP contribution in [0.5, 0.6) is 5.75 Å². The van der Waals surface area contributed by atoms with Crippen molar-refractivity contribution in [3.63, 3.8) is 0 Å². The Morgan fingerprint density at radius 2 is 1.69 bits per heavy atom. The lowest BCUT2D eigenvalue weighted by Crippen LogP contribution is -2.38. The van der Waals surface area contributed by atoms with Crippen LogP contribution in [0.4, 0.5) is 20.7 Å². The second-order valence-electron chi connectivity index (χ2n) is 5.81.